The van der Waals surface area contributed by atoms with Crippen LogP contribution in [0, 0.1) is 0 Å². The van der Waals surface area contributed by atoms with Gasteiger partial charge in [0.1, 0.15) is 5.75 Å². The Morgan fingerprint density at radius 3 is 2.82 bits per heavy atom. The van der Waals surface area contributed by atoms with Gasteiger partial charge < -0.3 is 9.84 Å². The molecule has 4 nitrogen and oxygen atoms in total. The number of carbonyl (C=O) groups is 1. The van der Waals surface area contributed by atoms with Crippen LogP contribution in [0.25, 0.3) is 0 Å². The number of thioether (sulfide) groups is 1. The van der Waals surface area contributed by atoms with Crippen LogP contribution in [-0.4, -0.2) is 41.3 Å². The molecule has 2 rings (SSSR count). The lowest BCUT2D eigenvalue weighted by Gasteiger charge is -2.21. The number of aliphatic carboxylic acids is 1. The molecule has 1 aliphatic heterocycles. The van der Waals surface area contributed by atoms with Gasteiger partial charge in [0.15, 0.2) is 0 Å². The Bertz CT molecular complexity index is 393. The van der Waals surface area contributed by atoms with Crippen LogP contribution in [0.1, 0.15) is 11.6 Å². The molecule has 0 aliphatic carbocycles. The number of hydrogen-bond acceptors (Lipinski definition) is 4. The summed E-state index contributed by atoms with van der Waals surface area (Å²) in [5, 5.41) is 8.85. The SMILES string of the molecule is COc1ccc(C2CSCN2CC(=O)O)cc1. The van der Waals surface area contributed by atoms with E-state index < -0.39 is 5.97 Å². The molecule has 0 radical (unpaired) electrons. The first-order chi connectivity index (χ1) is 8.20. The van der Waals surface area contributed by atoms with Crippen molar-refractivity contribution in [3.8, 4) is 5.75 Å². The molecule has 0 amide bonds. The van der Waals surface area contributed by atoms with E-state index in [-0.39, 0.29) is 12.6 Å². The molecule has 1 fully saturated rings. The molecule has 1 aromatic rings. The average Bonchev–Trinajstić information content (AvgIpc) is 2.76. The molecule has 92 valence electrons. The number of methoxy groups -OCH3 is 1. The molecule has 1 heterocycles. The van der Waals surface area contributed by atoms with Gasteiger partial charge in [0, 0.05) is 17.7 Å². The molecule has 1 unspecified atom stereocenters. The number of benzene rings is 1. The van der Waals surface area contributed by atoms with Crippen molar-refractivity contribution in [1.29, 1.82) is 0 Å². The van der Waals surface area contributed by atoms with E-state index in [2.05, 4.69) is 0 Å². The van der Waals surface area contributed by atoms with Gasteiger partial charge in [0.25, 0.3) is 0 Å². The Morgan fingerprint density at radius 2 is 2.24 bits per heavy atom. The summed E-state index contributed by atoms with van der Waals surface area (Å²) in [6, 6.07) is 8.03. The van der Waals surface area contributed by atoms with E-state index in [1.165, 1.54) is 0 Å². The van der Waals surface area contributed by atoms with Crippen molar-refractivity contribution in [2.75, 3.05) is 25.3 Å². The van der Waals surface area contributed by atoms with E-state index in [9.17, 15) is 4.79 Å². The van der Waals surface area contributed by atoms with Gasteiger partial charge in [-0.1, -0.05) is 12.1 Å². The van der Waals surface area contributed by atoms with Gasteiger partial charge in [-0.3, -0.25) is 9.69 Å². The fourth-order valence-electron chi connectivity index (χ4n) is 1.94. The molecule has 0 bridgehead atoms. The summed E-state index contributed by atoms with van der Waals surface area (Å²) in [7, 11) is 1.64. The predicted octanol–water partition coefficient (Wildman–Crippen LogP) is 1.83. The van der Waals surface area contributed by atoms with Gasteiger partial charge >= 0.3 is 5.97 Å². The van der Waals surface area contributed by atoms with Gasteiger partial charge in [0.05, 0.1) is 13.7 Å². The van der Waals surface area contributed by atoms with Crippen LogP contribution < -0.4 is 4.74 Å². The van der Waals surface area contributed by atoms with Crippen molar-refractivity contribution in [2.24, 2.45) is 0 Å². The molecule has 5 heteroatoms. The number of rotatable bonds is 4. The van der Waals surface area contributed by atoms with Crippen molar-refractivity contribution in [2.45, 2.75) is 6.04 Å². The molecule has 0 saturated carbocycles. The van der Waals surface area contributed by atoms with Gasteiger partial charge in [-0.15, -0.1) is 11.8 Å². The lowest BCUT2D eigenvalue weighted by atomic mass is 10.1. The molecule has 1 saturated heterocycles. The summed E-state index contributed by atoms with van der Waals surface area (Å²) in [6.45, 7) is 0.101. The predicted molar refractivity (Wildman–Crippen MR) is 67.4 cm³/mol. The second kappa shape index (κ2) is 5.42. The Kier molecular flexibility index (Phi) is 3.91. The number of carboxylic acid groups (broad SMARTS) is 1. The number of nitrogens with zero attached hydrogens (tertiary/aromatic N) is 1. The third kappa shape index (κ3) is 2.92. The highest BCUT2D eigenvalue weighted by molar-refractivity contribution is 7.99. The molecule has 0 spiro atoms. The topological polar surface area (TPSA) is 49.8 Å². The lowest BCUT2D eigenvalue weighted by molar-refractivity contribution is -0.138. The summed E-state index contributed by atoms with van der Waals surface area (Å²) in [4.78, 5) is 12.7. The molecule has 1 aromatic carbocycles. The highest BCUT2D eigenvalue weighted by Gasteiger charge is 2.27. The van der Waals surface area contributed by atoms with Gasteiger partial charge in [0.2, 0.25) is 0 Å². The van der Waals surface area contributed by atoms with E-state index in [0.29, 0.717) is 0 Å². The summed E-state index contributed by atoms with van der Waals surface area (Å²) in [5.74, 6) is 1.78. The molecular weight excluding hydrogens is 238 g/mol. The third-order valence-corrected chi connectivity index (χ3v) is 3.88. The van der Waals surface area contributed by atoms with Crippen molar-refractivity contribution in [3.63, 3.8) is 0 Å². The van der Waals surface area contributed by atoms with Crippen molar-refractivity contribution < 1.29 is 14.6 Å². The Hall–Kier alpha value is -1.20. The highest BCUT2D eigenvalue weighted by Crippen LogP contribution is 2.33. The monoisotopic (exact) mass is 253 g/mol. The second-order valence-corrected chi connectivity index (χ2v) is 4.93. The second-order valence-electron chi connectivity index (χ2n) is 3.93. The highest BCUT2D eigenvalue weighted by atomic mass is 32.2. The standard InChI is InChI=1S/C12H15NO3S/c1-16-10-4-2-9(3-5-10)11-7-17-8-13(11)6-12(14)15/h2-5,11H,6-8H2,1H3,(H,14,15). The minimum atomic E-state index is -0.772. The van der Waals surface area contributed by atoms with E-state index >= 15 is 0 Å². The third-order valence-electron chi connectivity index (χ3n) is 2.81. The Morgan fingerprint density at radius 1 is 1.53 bits per heavy atom. The van der Waals surface area contributed by atoms with Crippen molar-refractivity contribution in [3.05, 3.63) is 29.8 Å². The van der Waals surface area contributed by atoms with E-state index in [1.807, 2.05) is 29.2 Å². The number of hydrogen-bond donors (Lipinski definition) is 1. The fraction of sp³-hybridized carbons (Fsp3) is 0.417. The Balaban J connectivity index is 2.11. The average molecular weight is 253 g/mol. The van der Waals surface area contributed by atoms with Crippen LogP contribution in [-0.2, 0) is 4.79 Å². The quantitative estimate of drug-likeness (QED) is 0.887. The fourth-order valence-corrected chi connectivity index (χ4v) is 3.18. The molecule has 1 aliphatic rings. The largest absolute Gasteiger partial charge is 0.497 e. The van der Waals surface area contributed by atoms with Gasteiger partial charge in [-0.25, -0.2) is 0 Å². The summed E-state index contributed by atoms with van der Waals surface area (Å²) < 4.78 is 5.11. The minimum Gasteiger partial charge on any atom is -0.497 e. The lowest BCUT2D eigenvalue weighted by Crippen LogP contribution is -2.29. The van der Waals surface area contributed by atoms with Gasteiger partial charge in [-0.2, -0.15) is 0 Å². The van der Waals surface area contributed by atoms with Crippen LogP contribution in [0.15, 0.2) is 24.3 Å². The molecule has 0 aromatic heterocycles. The maximum Gasteiger partial charge on any atom is 0.317 e. The summed E-state index contributed by atoms with van der Waals surface area (Å²) >= 11 is 1.77. The molecule has 1 atom stereocenters. The molecule has 1 N–H and O–H groups in total. The summed E-state index contributed by atoms with van der Waals surface area (Å²) in [6.07, 6.45) is 0. The maximum absolute atomic E-state index is 10.8. The smallest absolute Gasteiger partial charge is 0.317 e. The zero-order chi connectivity index (χ0) is 12.3. The normalized spacial score (nSPS) is 20.4. The van der Waals surface area contributed by atoms with Crippen molar-refractivity contribution in [1.82, 2.24) is 4.90 Å². The zero-order valence-corrected chi connectivity index (χ0v) is 10.4. The van der Waals surface area contributed by atoms with Gasteiger partial charge in [-0.05, 0) is 17.7 Å². The van der Waals surface area contributed by atoms with E-state index in [0.717, 1.165) is 22.9 Å². The maximum atomic E-state index is 10.8. The van der Waals surface area contributed by atoms with Crippen LogP contribution >= 0.6 is 11.8 Å². The van der Waals surface area contributed by atoms with Crippen LogP contribution in [0.4, 0.5) is 0 Å². The zero-order valence-electron chi connectivity index (χ0n) is 9.63. The van der Waals surface area contributed by atoms with Crippen LogP contribution in [0.3, 0.4) is 0 Å². The summed E-state index contributed by atoms with van der Waals surface area (Å²) in [5.41, 5.74) is 1.15. The van der Waals surface area contributed by atoms with Crippen molar-refractivity contribution >= 4 is 17.7 Å². The number of carboxylic acids is 1. The molecule has 17 heavy (non-hydrogen) atoms. The molecular formula is C12H15NO3S. The Labute approximate surface area is 105 Å². The minimum absolute atomic E-state index is 0.101. The number of ether oxygens (including phenoxy) is 1. The first-order valence-electron chi connectivity index (χ1n) is 5.38. The van der Waals surface area contributed by atoms with E-state index in [1.54, 1.807) is 18.9 Å². The van der Waals surface area contributed by atoms with Crippen LogP contribution in [0.2, 0.25) is 0 Å². The van der Waals surface area contributed by atoms with Crippen LogP contribution in [0.5, 0.6) is 5.75 Å². The van der Waals surface area contributed by atoms with E-state index in [4.69, 9.17) is 9.84 Å². The first kappa shape index (κ1) is 12.3. The first-order valence-corrected chi connectivity index (χ1v) is 6.53.